The highest BCUT2D eigenvalue weighted by Gasteiger charge is 2.30. The van der Waals surface area contributed by atoms with Crippen LogP contribution in [0.1, 0.15) is 29.6 Å². The van der Waals surface area contributed by atoms with E-state index in [0.717, 1.165) is 18.9 Å². The van der Waals surface area contributed by atoms with Gasteiger partial charge in [0.2, 0.25) is 5.91 Å². The minimum atomic E-state index is -1.19. The number of benzene rings is 1. The van der Waals surface area contributed by atoms with Crippen LogP contribution in [-0.2, 0) is 4.79 Å². The quantitative estimate of drug-likeness (QED) is 0.883. The van der Waals surface area contributed by atoms with Crippen molar-refractivity contribution in [3.05, 3.63) is 29.6 Å². The van der Waals surface area contributed by atoms with Gasteiger partial charge in [-0.15, -0.1) is 0 Å². The lowest BCUT2D eigenvalue weighted by Gasteiger charge is -2.37. The van der Waals surface area contributed by atoms with E-state index >= 15 is 0 Å². The average molecular weight is 280 g/mol. The third-order valence-corrected chi connectivity index (χ3v) is 3.55. The molecule has 1 aliphatic heterocycles. The summed E-state index contributed by atoms with van der Waals surface area (Å²) in [7, 11) is 1.55. The van der Waals surface area contributed by atoms with Crippen LogP contribution in [0.25, 0.3) is 0 Å². The molecule has 0 aliphatic carbocycles. The van der Waals surface area contributed by atoms with Crippen LogP contribution in [0.3, 0.4) is 0 Å². The zero-order valence-corrected chi connectivity index (χ0v) is 11.2. The molecule has 6 heteroatoms. The summed E-state index contributed by atoms with van der Waals surface area (Å²) >= 11 is 0. The van der Waals surface area contributed by atoms with Crippen molar-refractivity contribution in [2.45, 2.75) is 25.3 Å². The second-order valence-electron chi connectivity index (χ2n) is 4.79. The Balaban J connectivity index is 2.42. The van der Waals surface area contributed by atoms with Crippen molar-refractivity contribution >= 4 is 17.6 Å². The number of carbonyl (C=O) groups is 2. The van der Waals surface area contributed by atoms with Gasteiger partial charge in [0, 0.05) is 13.6 Å². The molecular formula is C14H17FN2O3. The average Bonchev–Trinajstić information content (AvgIpc) is 2.46. The van der Waals surface area contributed by atoms with Gasteiger partial charge < -0.3 is 15.3 Å². The number of likely N-dealkylation sites (N-methyl/N-ethyl adjacent to an activating group) is 1. The fraction of sp³-hybridized carbons (Fsp3) is 0.429. The van der Waals surface area contributed by atoms with Gasteiger partial charge in [0.05, 0.1) is 11.3 Å². The number of hydrogen-bond acceptors (Lipinski definition) is 3. The molecule has 1 atom stereocenters. The Bertz CT molecular complexity index is 533. The van der Waals surface area contributed by atoms with Crippen molar-refractivity contribution in [1.29, 1.82) is 0 Å². The Labute approximate surface area is 116 Å². The number of anilines is 1. The molecule has 1 aromatic carbocycles. The molecule has 1 unspecified atom stereocenters. The minimum absolute atomic E-state index is 0.110. The molecule has 1 heterocycles. The monoisotopic (exact) mass is 280 g/mol. The molecule has 1 aliphatic rings. The molecule has 5 nitrogen and oxygen atoms in total. The fourth-order valence-electron chi connectivity index (χ4n) is 2.59. The van der Waals surface area contributed by atoms with Gasteiger partial charge in [0.25, 0.3) is 0 Å². The first-order valence-corrected chi connectivity index (χ1v) is 6.55. The summed E-state index contributed by atoms with van der Waals surface area (Å²) in [6.45, 7) is 0.587. The van der Waals surface area contributed by atoms with Crippen molar-refractivity contribution in [3.8, 4) is 0 Å². The summed E-state index contributed by atoms with van der Waals surface area (Å²) in [5.41, 5.74) is 0.285. The standard InChI is InChI=1S/C14H17FN2O3/c1-16-13(18)12-4-2-3-7-17(12)11-6-5-9(15)8-10(11)14(19)20/h5-6,8,12H,2-4,7H2,1H3,(H,16,18)(H,19,20). The summed E-state index contributed by atoms with van der Waals surface area (Å²) in [5, 5.41) is 11.8. The number of piperidine rings is 1. The zero-order valence-electron chi connectivity index (χ0n) is 11.2. The number of rotatable bonds is 3. The van der Waals surface area contributed by atoms with Crippen molar-refractivity contribution in [3.63, 3.8) is 0 Å². The maximum atomic E-state index is 13.2. The lowest BCUT2D eigenvalue weighted by Crippen LogP contribution is -2.49. The fourth-order valence-corrected chi connectivity index (χ4v) is 2.59. The van der Waals surface area contributed by atoms with E-state index in [4.69, 9.17) is 0 Å². The van der Waals surface area contributed by atoms with Crippen LogP contribution in [0.5, 0.6) is 0 Å². The van der Waals surface area contributed by atoms with E-state index in [2.05, 4.69) is 5.32 Å². The highest BCUT2D eigenvalue weighted by Crippen LogP contribution is 2.28. The van der Waals surface area contributed by atoms with Crippen LogP contribution in [0.2, 0.25) is 0 Å². The SMILES string of the molecule is CNC(=O)C1CCCCN1c1ccc(F)cc1C(=O)O. The second-order valence-corrected chi connectivity index (χ2v) is 4.79. The first-order chi connectivity index (χ1) is 9.54. The Hall–Kier alpha value is -2.11. The van der Waals surface area contributed by atoms with Crippen LogP contribution >= 0.6 is 0 Å². The Morgan fingerprint density at radius 3 is 2.80 bits per heavy atom. The van der Waals surface area contributed by atoms with Gasteiger partial charge in [0.15, 0.2) is 0 Å². The molecule has 0 spiro atoms. The number of carboxylic acids is 1. The summed E-state index contributed by atoms with van der Waals surface area (Å²) < 4.78 is 13.2. The number of nitrogens with zero attached hydrogens (tertiary/aromatic N) is 1. The molecule has 108 valence electrons. The minimum Gasteiger partial charge on any atom is -0.478 e. The molecule has 1 amide bonds. The van der Waals surface area contributed by atoms with Gasteiger partial charge in [-0.25, -0.2) is 9.18 Å². The first-order valence-electron chi connectivity index (χ1n) is 6.55. The lowest BCUT2D eigenvalue weighted by atomic mass is 9.99. The molecule has 1 aromatic rings. The second kappa shape index (κ2) is 5.90. The van der Waals surface area contributed by atoms with Gasteiger partial charge in [-0.1, -0.05) is 0 Å². The summed E-state index contributed by atoms with van der Waals surface area (Å²) in [6.07, 6.45) is 2.46. The van der Waals surface area contributed by atoms with E-state index in [1.54, 1.807) is 11.9 Å². The Kier molecular flexibility index (Phi) is 4.22. The maximum Gasteiger partial charge on any atom is 0.337 e. The van der Waals surface area contributed by atoms with Gasteiger partial charge in [-0.3, -0.25) is 4.79 Å². The van der Waals surface area contributed by atoms with E-state index in [9.17, 15) is 19.1 Å². The molecule has 0 bridgehead atoms. The van der Waals surface area contributed by atoms with Gasteiger partial charge >= 0.3 is 5.97 Å². The van der Waals surface area contributed by atoms with Crippen molar-refractivity contribution in [2.75, 3.05) is 18.5 Å². The number of hydrogen-bond donors (Lipinski definition) is 2. The molecule has 1 saturated heterocycles. The Morgan fingerprint density at radius 1 is 1.40 bits per heavy atom. The van der Waals surface area contributed by atoms with Crippen molar-refractivity contribution < 1.29 is 19.1 Å². The number of carboxylic acid groups (broad SMARTS) is 1. The van der Waals surface area contributed by atoms with Crippen LogP contribution in [0, 0.1) is 5.82 Å². The van der Waals surface area contributed by atoms with Crippen molar-refractivity contribution in [1.82, 2.24) is 5.32 Å². The first kappa shape index (κ1) is 14.3. The van der Waals surface area contributed by atoms with Crippen molar-refractivity contribution in [2.24, 2.45) is 0 Å². The molecule has 0 aromatic heterocycles. The lowest BCUT2D eigenvalue weighted by molar-refractivity contribution is -0.122. The zero-order chi connectivity index (χ0) is 14.7. The van der Waals surface area contributed by atoms with Crippen LogP contribution in [0.4, 0.5) is 10.1 Å². The third-order valence-electron chi connectivity index (χ3n) is 3.55. The van der Waals surface area contributed by atoms with E-state index in [1.807, 2.05) is 0 Å². The largest absolute Gasteiger partial charge is 0.478 e. The number of halogens is 1. The van der Waals surface area contributed by atoms with E-state index in [0.29, 0.717) is 18.7 Å². The van der Waals surface area contributed by atoms with E-state index in [-0.39, 0.29) is 11.5 Å². The van der Waals surface area contributed by atoms with Gasteiger partial charge in [0.1, 0.15) is 11.9 Å². The number of amides is 1. The smallest absolute Gasteiger partial charge is 0.337 e. The van der Waals surface area contributed by atoms with Gasteiger partial charge in [-0.05, 0) is 37.5 Å². The number of carbonyl (C=O) groups excluding carboxylic acids is 1. The molecular weight excluding hydrogens is 263 g/mol. The van der Waals surface area contributed by atoms with Crippen LogP contribution in [0.15, 0.2) is 18.2 Å². The molecule has 1 fully saturated rings. The molecule has 2 N–H and O–H groups in total. The van der Waals surface area contributed by atoms with Crippen LogP contribution < -0.4 is 10.2 Å². The maximum absolute atomic E-state index is 13.2. The predicted molar refractivity (Wildman–Crippen MR) is 72.4 cm³/mol. The Morgan fingerprint density at radius 2 is 2.15 bits per heavy atom. The summed E-state index contributed by atoms with van der Waals surface area (Å²) in [6, 6.07) is 3.24. The molecule has 20 heavy (non-hydrogen) atoms. The van der Waals surface area contributed by atoms with Gasteiger partial charge in [-0.2, -0.15) is 0 Å². The highest BCUT2D eigenvalue weighted by atomic mass is 19.1. The highest BCUT2D eigenvalue weighted by molar-refractivity contribution is 5.96. The number of nitrogens with one attached hydrogen (secondary N) is 1. The van der Waals surface area contributed by atoms with Crippen LogP contribution in [-0.4, -0.2) is 36.6 Å². The number of aromatic carboxylic acids is 1. The molecule has 0 radical (unpaired) electrons. The van der Waals surface area contributed by atoms with E-state index in [1.165, 1.54) is 12.1 Å². The summed E-state index contributed by atoms with van der Waals surface area (Å²) in [5.74, 6) is -1.94. The normalized spacial score (nSPS) is 18.7. The molecule has 2 rings (SSSR count). The van der Waals surface area contributed by atoms with E-state index < -0.39 is 17.8 Å². The topological polar surface area (TPSA) is 69.6 Å². The summed E-state index contributed by atoms with van der Waals surface area (Å²) in [4.78, 5) is 24.9. The molecule has 0 saturated carbocycles. The third kappa shape index (κ3) is 2.74. The predicted octanol–water partition coefficient (Wildman–Crippen LogP) is 1.63.